The van der Waals surface area contributed by atoms with Crippen LogP contribution >= 0.6 is 0 Å². The van der Waals surface area contributed by atoms with Gasteiger partial charge in [0.2, 0.25) is 5.82 Å². The van der Waals surface area contributed by atoms with Gasteiger partial charge in [0.1, 0.15) is 0 Å². The number of aryl methyl sites for hydroxylation is 2. The van der Waals surface area contributed by atoms with Gasteiger partial charge in [0.15, 0.2) is 5.82 Å². The second kappa shape index (κ2) is 8.10. The van der Waals surface area contributed by atoms with Crippen LogP contribution in [0.15, 0.2) is 78.9 Å². The lowest BCUT2D eigenvalue weighted by Gasteiger charge is -2.09. The summed E-state index contributed by atoms with van der Waals surface area (Å²) >= 11 is 0. The minimum absolute atomic E-state index is 0.153. The molecule has 0 aliphatic heterocycles. The summed E-state index contributed by atoms with van der Waals surface area (Å²) in [6.07, 6.45) is 0. The molecule has 1 aromatic heterocycles. The number of nitrogens with one attached hydrogen (secondary N) is 1. The quantitative estimate of drug-likeness (QED) is 0.554. The summed E-state index contributed by atoms with van der Waals surface area (Å²) in [5, 5.41) is 7.46. The van der Waals surface area contributed by atoms with Crippen LogP contribution in [0.2, 0.25) is 0 Å². The average molecular weight is 382 g/mol. The molecule has 29 heavy (non-hydrogen) atoms. The Kier molecular flexibility index (Phi) is 5.20. The fourth-order valence-electron chi connectivity index (χ4n) is 3.21. The molecule has 5 nitrogen and oxygen atoms in total. The summed E-state index contributed by atoms with van der Waals surface area (Å²) in [4.78, 5) is 17.3. The third-order valence-corrected chi connectivity index (χ3v) is 4.73. The Morgan fingerprint density at radius 3 is 2.45 bits per heavy atom. The van der Waals surface area contributed by atoms with Gasteiger partial charge >= 0.3 is 0 Å². The maximum Gasteiger partial charge on any atom is 0.291 e. The highest BCUT2D eigenvalue weighted by atomic mass is 16.2. The molecule has 1 amide bonds. The summed E-state index contributed by atoms with van der Waals surface area (Å²) in [6, 6.07) is 25.8. The van der Waals surface area contributed by atoms with Crippen LogP contribution in [0.25, 0.3) is 17.1 Å². The largest absolute Gasteiger partial charge is 0.345 e. The standard InChI is InChI=1S/C24H22N4O/c1-17-9-8-13-20(15-17)23-26-22(24(29)25-16-19-11-4-3-5-12-19)27-28(23)21-14-7-6-10-18(21)2/h3-15H,16H2,1-2H3,(H,25,29). The van der Waals surface area contributed by atoms with Crippen LogP contribution in [0, 0.1) is 13.8 Å². The van der Waals surface area contributed by atoms with Crippen LogP contribution in [0.5, 0.6) is 0 Å². The first-order valence-electron chi connectivity index (χ1n) is 9.54. The van der Waals surface area contributed by atoms with E-state index >= 15 is 0 Å². The zero-order chi connectivity index (χ0) is 20.2. The molecular weight excluding hydrogens is 360 g/mol. The van der Waals surface area contributed by atoms with Gasteiger partial charge in [-0.25, -0.2) is 9.67 Å². The third kappa shape index (κ3) is 4.09. The van der Waals surface area contributed by atoms with Crippen molar-refractivity contribution in [1.29, 1.82) is 0 Å². The van der Waals surface area contributed by atoms with E-state index in [1.165, 1.54) is 0 Å². The summed E-state index contributed by atoms with van der Waals surface area (Å²) in [5.74, 6) is 0.503. The second-order valence-corrected chi connectivity index (χ2v) is 7.00. The Morgan fingerprint density at radius 1 is 0.931 bits per heavy atom. The van der Waals surface area contributed by atoms with Crippen LogP contribution in [0.4, 0.5) is 0 Å². The van der Waals surface area contributed by atoms with E-state index in [4.69, 9.17) is 0 Å². The molecule has 0 spiro atoms. The predicted molar refractivity (Wildman–Crippen MR) is 114 cm³/mol. The van der Waals surface area contributed by atoms with Gasteiger partial charge in [0.05, 0.1) is 5.69 Å². The van der Waals surface area contributed by atoms with E-state index in [2.05, 4.69) is 15.4 Å². The lowest BCUT2D eigenvalue weighted by Crippen LogP contribution is -2.24. The lowest BCUT2D eigenvalue weighted by atomic mass is 10.1. The Balaban J connectivity index is 1.71. The fraction of sp³-hybridized carbons (Fsp3) is 0.125. The number of rotatable bonds is 5. The van der Waals surface area contributed by atoms with Crippen molar-refractivity contribution in [1.82, 2.24) is 20.1 Å². The molecule has 144 valence electrons. The molecular formula is C24H22N4O. The van der Waals surface area contributed by atoms with Crippen molar-refractivity contribution in [3.63, 3.8) is 0 Å². The molecule has 4 aromatic rings. The molecule has 0 saturated carbocycles. The van der Waals surface area contributed by atoms with E-state index in [0.29, 0.717) is 12.4 Å². The number of aromatic nitrogens is 3. The Morgan fingerprint density at radius 2 is 1.69 bits per heavy atom. The van der Waals surface area contributed by atoms with Crippen LogP contribution in [-0.2, 0) is 6.54 Å². The monoisotopic (exact) mass is 382 g/mol. The number of carbonyl (C=O) groups is 1. The van der Waals surface area contributed by atoms with E-state index in [9.17, 15) is 4.79 Å². The highest BCUT2D eigenvalue weighted by Gasteiger charge is 2.19. The molecule has 0 atom stereocenters. The van der Waals surface area contributed by atoms with Gasteiger partial charge in [-0.1, -0.05) is 72.3 Å². The smallest absolute Gasteiger partial charge is 0.291 e. The minimum atomic E-state index is -0.296. The van der Waals surface area contributed by atoms with Gasteiger partial charge in [-0.2, -0.15) is 0 Å². The number of benzene rings is 3. The van der Waals surface area contributed by atoms with Crippen LogP contribution in [0.1, 0.15) is 27.3 Å². The van der Waals surface area contributed by atoms with Crippen molar-refractivity contribution >= 4 is 5.91 Å². The second-order valence-electron chi connectivity index (χ2n) is 7.00. The Hall–Kier alpha value is -3.73. The van der Waals surface area contributed by atoms with Crippen molar-refractivity contribution in [3.8, 4) is 17.1 Å². The first kappa shape index (κ1) is 18.6. The van der Waals surface area contributed by atoms with Gasteiger partial charge < -0.3 is 5.32 Å². The molecule has 3 aromatic carbocycles. The topological polar surface area (TPSA) is 59.8 Å². The Bertz CT molecular complexity index is 1150. The molecule has 0 aliphatic rings. The SMILES string of the molecule is Cc1cccc(-c2nc(C(=O)NCc3ccccc3)nn2-c2ccccc2C)c1. The summed E-state index contributed by atoms with van der Waals surface area (Å²) in [6.45, 7) is 4.48. The van der Waals surface area contributed by atoms with E-state index in [0.717, 1.165) is 27.9 Å². The van der Waals surface area contributed by atoms with Crippen molar-refractivity contribution in [2.45, 2.75) is 20.4 Å². The Labute approximate surface area is 170 Å². The normalized spacial score (nSPS) is 10.7. The molecule has 0 bridgehead atoms. The molecule has 0 saturated heterocycles. The van der Waals surface area contributed by atoms with Gasteiger partial charge in [0, 0.05) is 12.1 Å². The van der Waals surface area contributed by atoms with E-state index < -0.39 is 0 Å². The van der Waals surface area contributed by atoms with Crippen molar-refractivity contribution in [2.75, 3.05) is 0 Å². The van der Waals surface area contributed by atoms with E-state index in [-0.39, 0.29) is 11.7 Å². The highest BCUT2D eigenvalue weighted by Crippen LogP contribution is 2.24. The van der Waals surface area contributed by atoms with Crippen molar-refractivity contribution in [2.24, 2.45) is 0 Å². The van der Waals surface area contributed by atoms with E-state index in [1.807, 2.05) is 92.7 Å². The summed E-state index contributed by atoms with van der Waals surface area (Å²) in [7, 11) is 0. The highest BCUT2D eigenvalue weighted by molar-refractivity contribution is 5.91. The van der Waals surface area contributed by atoms with Gasteiger partial charge in [-0.15, -0.1) is 5.10 Å². The maximum absolute atomic E-state index is 12.7. The average Bonchev–Trinajstić information content (AvgIpc) is 3.18. The zero-order valence-corrected chi connectivity index (χ0v) is 16.5. The van der Waals surface area contributed by atoms with Crippen LogP contribution < -0.4 is 5.32 Å². The zero-order valence-electron chi connectivity index (χ0n) is 16.5. The van der Waals surface area contributed by atoms with Crippen LogP contribution in [0.3, 0.4) is 0 Å². The molecule has 0 unspecified atom stereocenters. The molecule has 4 rings (SSSR count). The van der Waals surface area contributed by atoms with Crippen LogP contribution in [-0.4, -0.2) is 20.7 Å². The molecule has 0 aliphatic carbocycles. The van der Waals surface area contributed by atoms with Crippen molar-refractivity contribution < 1.29 is 4.79 Å². The number of hydrogen-bond donors (Lipinski definition) is 1. The first-order chi connectivity index (χ1) is 14.1. The lowest BCUT2D eigenvalue weighted by molar-refractivity contribution is 0.0940. The molecule has 1 heterocycles. The van der Waals surface area contributed by atoms with Gasteiger partial charge in [0.25, 0.3) is 5.91 Å². The predicted octanol–water partition coefficient (Wildman–Crippen LogP) is 4.48. The fourth-order valence-corrected chi connectivity index (χ4v) is 3.21. The molecule has 5 heteroatoms. The first-order valence-corrected chi connectivity index (χ1v) is 9.54. The minimum Gasteiger partial charge on any atom is -0.345 e. The summed E-state index contributed by atoms with van der Waals surface area (Å²) < 4.78 is 1.75. The number of nitrogens with zero attached hydrogens (tertiary/aromatic N) is 3. The number of hydrogen-bond acceptors (Lipinski definition) is 3. The maximum atomic E-state index is 12.7. The summed E-state index contributed by atoms with van der Waals surface area (Å²) in [5.41, 5.74) is 5.03. The van der Waals surface area contributed by atoms with Crippen molar-refractivity contribution in [3.05, 3.63) is 101 Å². The molecule has 1 N–H and O–H groups in total. The molecule has 0 fully saturated rings. The number of carbonyl (C=O) groups excluding carboxylic acids is 1. The van der Waals surface area contributed by atoms with Gasteiger partial charge in [-0.05, 0) is 37.1 Å². The number of para-hydroxylation sites is 1. The third-order valence-electron chi connectivity index (χ3n) is 4.73. The number of amides is 1. The molecule has 0 radical (unpaired) electrons. The van der Waals surface area contributed by atoms with E-state index in [1.54, 1.807) is 4.68 Å². The van der Waals surface area contributed by atoms with Gasteiger partial charge in [-0.3, -0.25) is 4.79 Å².